The fourth-order valence-corrected chi connectivity index (χ4v) is 4.40. The molecule has 0 N–H and O–H groups in total. The zero-order chi connectivity index (χ0) is 10.9. The van der Waals surface area contributed by atoms with Crippen molar-refractivity contribution in [2.45, 2.75) is 38.7 Å². The molecule has 0 aliphatic rings. The quantitative estimate of drug-likeness (QED) is 0.672. The van der Waals surface area contributed by atoms with E-state index in [1.54, 1.807) is 19.6 Å². The lowest BCUT2D eigenvalue weighted by Gasteiger charge is -2.19. The van der Waals surface area contributed by atoms with E-state index in [1.165, 1.54) is 13.8 Å². The first kappa shape index (κ1) is 12.8. The lowest BCUT2D eigenvalue weighted by molar-refractivity contribution is -0.116. The summed E-state index contributed by atoms with van der Waals surface area (Å²) in [6, 6.07) is 0. The second-order valence-corrected chi connectivity index (χ2v) is 10.5. The van der Waals surface area contributed by atoms with Gasteiger partial charge in [0.05, 0.1) is 0 Å². The monoisotopic (exact) mass is 224 g/mol. The second-order valence-electron chi connectivity index (χ2n) is 3.94. The lowest BCUT2D eigenvalue weighted by Crippen LogP contribution is -2.36. The minimum atomic E-state index is -3.71. The summed E-state index contributed by atoms with van der Waals surface area (Å²) in [7, 11) is -5.85. The predicted molar refractivity (Wildman–Crippen MR) is 53.5 cm³/mol. The van der Waals surface area contributed by atoms with Gasteiger partial charge < -0.3 is 3.87 Å². The van der Waals surface area contributed by atoms with E-state index in [4.69, 9.17) is 3.87 Å². The molecule has 0 radical (unpaired) electrons. The average molecular weight is 224 g/mol. The van der Waals surface area contributed by atoms with Gasteiger partial charge in [0.1, 0.15) is 11.0 Å². The largest absolute Gasteiger partial charge is 0.315 e. The normalized spacial score (nSPS) is 15.5. The van der Waals surface area contributed by atoms with Crippen LogP contribution in [0.4, 0.5) is 0 Å². The van der Waals surface area contributed by atoms with E-state index >= 15 is 0 Å². The first-order valence-corrected chi connectivity index (χ1v) is 8.89. The molecule has 6 heteroatoms. The number of rotatable bonds is 4. The van der Waals surface area contributed by atoms with Crippen molar-refractivity contribution in [3.05, 3.63) is 0 Å². The average Bonchev–Trinajstić information content (AvgIpc) is 1.80. The number of carbonyl (C=O) groups is 1. The summed E-state index contributed by atoms with van der Waals surface area (Å²) in [5.41, 5.74) is 0. The van der Waals surface area contributed by atoms with Crippen LogP contribution < -0.4 is 0 Å². The molecule has 78 valence electrons. The van der Waals surface area contributed by atoms with E-state index in [-0.39, 0.29) is 0 Å². The smallest absolute Gasteiger partial charge is 0.267 e. The maximum atomic E-state index is 11.4. The Morgan fingerprint density at radius 2 is 1.69 bits per heavy atom. The third kappa shape index (κ3) is 4.54. The zero-order valence-electron chi connectivity index (χ0n) is 8.62. The van der Waals surface area contributed by atoms with Crippen LogP contribution in [0.25, 0.3) is 0 Å². The molecule has 0 fully saturated rings. The molecule has 0 bridgehead atoms. The molecule has 4 nitrogen and oxygen atoms in total. The van der Waals surface area contributed by atoms with Crippen LogP contribution in [0, 0.1) is 0 Å². The van der Waals surface area contributed by atoms with Gasteiger partial charge in [-0.2, -0.15) is 8.42 Å². The highest BCUT2D eigenvalue weighted by Gasteiger charge is 2.31. The van der Waals surface area contributed by atoms with E-state index in [0.29, 0.717) is 0 Å². The number of ketones is 1. The van der Waals surface area contributed by atoms with Crippen LogP contribution >= 0.6 is 0 Å². The number of Topliss-reactive ketones (excluding diaryl/α,β-unsaturated/α-hetero) is 1. The standard InChI is InChI=1S/C7H16O4SSi/c1-6(8)7(2)12(9,10)11-13(3,4)5/h7H,1-5H3. The lowest BCUT2D eigenvalue weighted by atomic mass is 10.3. The van der Waals surface area contributed by atoms with E-state index < -0.39 is 29.5 Å². The molecule has 0 aromatic carbocycles. The van der Waals surface area contributed by atoms with Crippen LogP contribution in [0.3, 0.4) is 0 Å². The molecule has 0 aromatic heterocycles. The van der Waals surface area contributed by atoms with E-state index in [2.05, 4.69) is 0 Å². The molecule has 1 atom stereocenters. The first-order valence-electron chi connectivity index (χ1n) is 4.01. The van der Waals surface area contributed by atoms with E-state index in [0.717, 1.165) is 0 Å². The third-order valence-electron chi connectivity index (χ3n) is 1.37. The molecule has 0 aliphatic carbocycles. The maximum Gasteiger partial charge on any atom is 0.267 e. The second kappa shape index (κ2) is 3.89. The highest BCUT2D eigenvalue weighted by molar-refractivity contribution is 7.89. The van der Waals surface area contributed by atoms with Crippen LogP contribution in [-0.4, -0.2) is 27.8 Å². The van der Waals surface area contributed by atoms with Crippen LogP contribution in [-0.2, 0) is 18.8 Å². The Hall–Kier alpha value is -0.203. The van der Waals surface area contributed by atoms with Crippen molar-refractivity contribution in [2.24, 2.45) is 0 Å². The van der Waals surface area contributed by atoms with Gasteiger partial charge in [-0.3, -0.25) is 4.79 Å². The van der Waals surface area contributed by atoms with Crippen LogP contribution in [0.15, 0.2) is 0 Å². The number of carbonyl (C=O) groups excluding carboxylic acids is 1. The molecule has 0 saturated heterocycles. The SMILES string of the molecule is CC(=O)C(C)S(=O)(=O)O[Si](C)(C)C. The highest BCUT2D eigenvalue weighted by atomic mass is 32.2. The summed E-state index contributed by atoms with van der Waals surface area (Å²) in [5.74, 6) is -0.391. The Morgan fingerprint density at radius 3 is 1.92 bits per heavy atom. The molecule has 1 unspecified atom stereocenters. The molecule has 13 heavy (non-hydrogen) atoms. The van der Waals surface area contributed by atoms with Gasteiger partial charge in [-0.15, -0.1) is 0 Å². The van der Waals surface area contributed by atoms with E-state index in [1.807, 2.05) is 0 Å². The molecule has 0 aliphatic heterocycles. The summed E-state index contributed by atoms with van der Waals surface area (Å²) in [4.78, 5) is 10.8. The van der Waals surface area contributed by atoms with Crippen molar-refractivity contribution in [1.82, 2.24) is 0 Å². The van der Waals surface area contributed by atoms with Gasteiger partial charge in [-0.25, -0.2) is 0 Å². The fourth-order valence-electron chi connectivity index (χ4n) is 0.624. The van der Waals surface area contributed by atoms with Crippen molar-refractivity contribution in [2.75, 3.05) is 0 Å². The number of hydrogen-bond donors (Lipinski definition) is 0. The van der Waals surface area contributed by atoms with Crippen LogP contribution in [0.5, 0.6) is 0 Å². The Bertz CT molecular complexity index is 288. The van der Waals surface area contributed by atoms with Gasteiger partial charge in [0, 0.05) is 0 Å². The van der Waals surface area contributed by atoms with Crippen molar-refractivity contribution in [3.8, 4) is 0 Å². The Kier molecular flexibility index (Phi) is 3.83. The third-order valence-corrected chi connectivity index (χ3v) is 5.50. The Balaban J connectivity index is 4.71. The van der Waals surface area contributed by atoms with E-state index in [9.17, 15) is 13.2 Å². The summed E-state index contributed by atoms with van der Waals surface area (Å²) in [6.07, 6.45) is 0. The first-order chi connectivity index (χ1) is 5.56. The Labute approximate surface area is 80.5 Å². The summed E-state index contributed by atoms with van der Waals surface area (Å²) >= 11 is 0. The van der Waals surface area contributed by atoms with Crippen LogP contribution in [0.2, 0.25) is 19.6 Å². The molecule has 0 saturated carbocycles. The Morgan fingerprint density at radius 1 is 1.31 bits per heavy atom. The molecule has 0 heterocycles. The topological polar surface area (TPSA) is 60.4 Å². The highest BCUT2D eigenvalue weighted by Crippen LogP contribution is 2.13. The van der Waals surface area contributed by atoms with Gasteiger partial charge in [-0.1, -0.05) is 0 Å². The van der Waals surface area contributed by atoms with Crippen molar-refractivity contribution in [3.63, 3.8) is 0 Å². The van der Waals surface area contributed by atoms with Gasteiger partial charge in [0.25, 0.3) is 10.1 Å². The molecular formula is C7H16O4SSi. The molecule has 0 amide bonds. The summed E-state index contributed by atoms with van der Waals surface area (Å²) in [6.45, 7) is 7.87. The molecule has 0 spiro atoms. The molecule has 0 rings (SSSR count). The van der Waals surface area contributed by atoms with Crippen molar-refractivity contribution >= 4 is 24.2 Å². The van der Waals surface area contributed by atoms with Gasteiger partial charge in [-0.05, 0) is 33.5 Å². The van der Waals surface area contributed by atoms with Crippen molar-refractivity contribution in [1.29, 1.82) is 0 Å². The zero-order valence-corrected chi connectivity index (χ0v) is 10.4. The van der Waals surface area contributed by atoms with Gasteiger partial charge >= 0.3 is 0 Å². The maximum absolute atomic E-state index is 11.4. The van der Waals surface area contributed by atoms with Crippen molar-refractivity contribution < 1.29 is 17.1 Å². The number of hydrogen-bond acceptors (Lipinski definition) is 4. The minimum Gasteiger partial charge on any atom is -0.315 e. The van der Waals surface area contributed by atoms with Crippen LogP contribution in [0.1, 0.15) is 13.8 Å². The molecular weight excluding hydrogens is 208 g/mol. The predicted octanol–water partition coefficient (Wildman–Crippen LogP) is 1.15. The van der Waals surface area contributed by atoms with Gasteiger partial charge in [0.2, 0.25) is 8.32 Å². The van der Waals surface area contributed by atoms with Gasteiger partial charge in [0.15, 0.2) is 0 Å². The molecule has 0 aromatic rings. The fraction of sp³-hybridized carbons (Fsp3) is 0.857. The minimum absolute atomic E-state index is 0.391. The summed E-state index contributed by atoms with van der Waals surface area (Å²) < 4.78 is 27.7. The summed E-state index contributed by atoms with van der Waals surface area (Å²) in [5, 5.41) is -1.06.